The molecular weight excluding hydrogens is 172 g/mol. The van der Waals surface area contributed by atoms with Crippen LogP contribution in [0.2, 0.25) is 0 Å². The largest absolute Gasteiger partial charge is 0.346 e. The molecule has 2 heteroatoms. The van der Waals surface area contributed by atoms with E-state index in [1.165, 1.54) is 30.3 Å². The second-order valence-corrected chi connectivity index (χ2v) is 3.68. The minimum atomic E-state index is 1.01. The minimum Gasteiger partial charge on any atom is -0.346 e. The lowest BCUT2D eigenvalue weighted by Crippen LogP contribution is -1.90. The average molecular weight is 188 g/mol. The Morgan fingerprint density at radius 1 is 1.21 bits per heavy atom. The van der Waals surface area contributed by atoms with E-state index in [4.69, 9.17) is 0 Å². The van der Waals surface area contributed by atoms with Gasteiger partial charge in [0, 0.05) is 17.3 Å². The van der Waals surface area contributed by atoms with E-state index in [1.54, 1.807) is 0 Å². The van der Waals surface area contributed by atoms with Crippen molar-refractivity contribution in [3.05, 3.63) is 30.1 Å². The van der Waals surface area contributed by atoms with Crippen LogP contribution >= 0.6 is 0 Å². The van der Waals surface area contributed by atoms with E-state index in [0.29, 0.717) is 0 Å². The van der Waals surface area contributed by atoms with Gasteiger partial charge in [0.1, 0.15) is 5.65 Å². The summed E-state index contributed by atoms with van der Waals surface area (Å²) in [6, 6.07) is 6.32. The topological polar surface area (TPSA) is 28.7 Å². The van der Waals surface area contributed by atoms with E-state index in [1.807, 2.05) is 6.20 Å². The molecule has 0 aromatic carbocycles. The van der Waals surface area contributed by atoms with Gasteiger partial charge in [0.15, 0.2) is 0 Å². The number of hydrogen-bond donors (Lipinski definition) is 1. The molecule has 0 aliphatic heterocycles. The summed E-state index contributed by atoms with van der Waals surface area (Å²) in [5.74, 6) is 0. The summed E-state index contributed by atoms with van der Waals surface area (Å²) in [4.78, 5) is 7.69. The predicted octanol–water partition coefficient (Wildman–Crippen LogP) is 3.30. The standard InChI is InChI=1S/C12H16N2/c1-2-3-4-5-11-7-6-10-8-9-13-12(10)14-11/h6-9H,2-5H2,1H3,(H,13,14). The Kier molecular flexibility index (Phi) is 2.82. The summed E-state index contributed by atoms with van der Waals surface area (Å²) < 4.78 is 0. The highest BCUT2D eigenvalue weighted by molar-refractivity contribution is 5.75. The molecule has 2 nitrogen and oxygen atoms in total. The van der Waals surface area contributed by atoms with Crippen molar-refractivity contribution in [3.63, 3.8) is 0 Å². The molecule has 0 bridgehead atoms. The zero-order valence-electron chi connectivity index (χ0n) is 8.59. The van der Waals surface area contributed by atoms with E-state index in [9.17, 15) is 0 Å². The van der Waals surface area contributed by atoms with Crippen LogP contribution in [0.15, 0.2) is 24.4 Å². The third kappa shape index (κ3) is 1.95. The Hall–Kier alpha value is -1.31. The normalized spacial score (nSPS) is 10.9. The molecule has 0 fully saturated rings. The number of unbranched alkanes of at least 4 members (excludes halogenated alkanes) is 2. The van der Waals surface area contributed by atoms with Gasteiger partial charge in [-0.25, -0.2) is 4.98 Å². The van der Waals surface area contributed by atoms with Crippen molar-refractivity contribution in [2.24, 2.45) is 0 Å². The fourth-order valence-electron chi connectivity index (χ4n) is 1.67. The molecule has 0 unspecified atom stereocenters. The molecule has 2 rings (SSSR count). The maximum absolute atomic E-state index is 4.55. The van der Waals surface area contributed by atoms with E-state index in [2.05, 4.69) is 35.1 Å². The summed E-state index contributed by atoms with van der Waals surface area (Å²) in [5.41, 5.74) is 2.22. The lowest BCUT2D eigenvalue weighted by Gasteiger charge is -1.99. The summed E-state index contributed by atoms with van der Waals surface area (Å²) >= 11 is 0. The molecule has 0 aliphatic rings. The van der Waals surface area contributed by atoms with Gasteiger partial charge >= 0.3 is 0 Å². The quantitative estimate of drug-likeness (QED) is 0.733. The van der Waals surface area contributed by atoms with E-state index in [0.717, 1.165) is 12.1 Å². The first-order chi connectivity index (χ1) is 6.90. The van der Waals surface area contributed by atoms with Gasteiger partial charge in [0.05, 0.1) is 0 Å². The van der Waals surface area contributed by atoms with Crippen molar-refractivity contribution in [2.75, 3.05) is 0 Å². The molecule has 0 amide bonds. The van der Waals surface area contributed by atoms with Gasteiger partial charge in [-0.3, -0.25) is 0 Å². The van der Waals surface area contributed by atoms with Crippen LogP contribution in [-0.2, 0) is 6.42 Å². The first kappa shape index (κ1) is 9.25. The second kappa shape index (κ2) is 4.27. The van der Waals surface area contributed by atoms with Crippen LogP contribution in [-0.4, -0.2) is 9.97 Å². The predicted molar refractivity (Wildman–Crippen MR) is 59.3 cm³/mol. The van der Waals surface area contributed by atoms with Crippen LogP contribution in [0.25, 0.3) is 11.0 Å². The molecule has 2 aromatic rings. The molecule has 2 heterocycles. The molecule has 74 valence electrons. The van der Waals surface area contributed by atoms with Crippen molar-refractivity contribution in [1.29, 1.82) is 0 Å². The summed E-state index contributed by atoms with van der Waals surface area (Å²) in [6.45, 7) is 2.22. The number of H-pyrrole nitrogens is 1. The third-order valence-corrected chi connectivity index (χ3v) is 2.50. The van der Waals surface area contributed by atoms with Gasteiger partial charge < -0.3 is 4.98 Å². The number of fused-ring (bicyclic) bond motifs is 1. The lowest BCUT2D eigenvalue weighted by molar-refractivity contribution is 0.708. The van der Waals surface area contributed by atoms with Crippen LogP contribution < -0.4 is 0 Å². The van der Waals surface area contributed by atoms with Crippen LogP contribution in [0, 0.1) is 0 Å². The highest BCUT2D eigenvalue weighted by atomic mass is 14.8. The fraction of sp³-hybridized carbons (Fsp3) is 0.417. The molecule has 0 atom stereocenters. The number of nitrogens with zero attached hydrogens (tertiary/aromatic N) is 1. The zero-order chi connectivity index (χ0) is 9.80. The SMILES string of the molecule is CCCCCc1ccc2cc[nH]c2n1. The number of aromatic amines is 1. The maximum atomic E-state index is 4.55. The van der Waals surface area contributed by atoms with Gasteiger partial charge in [-0.1, -0.05) is 19.8 Å². The summed E-state index contributed by atoms with van der Waals surface area (Å²) in [6.07, 6.45) is 6.85. The Balaban J connectivity index is 2.10. The van der Waals surface area contributed by atoms with Crippen LogP contribution in [0.4, 0.5) is 0 Å². The third-order valence-electron chi connectivity index (χ3n) is 2.50. The van der Waals surface area contributed by atoms with E-state index < -0.39 is 0 Å². The number of rotatable bonds is 4. The lowest BCUT2D eigenvalue weighted by atomic mass is 10.1. The fourth-order valence-corrected chi connectivity index (χ4v) is 1.67. The van der Waals surface area contributed by atoms with Gasteiger partial charge in [0.2, 0.25) is 0 Å². The molecule has 0 radical (unpaired) electrons. The highest BCUT2D eigenvalue weighted by Gasteiger charge is 1.98. The second-order valence-electron chi connectivity index (χ2n) is 3.68. The molecule has 0 aliphatic carbocycles. The molecule has 0 saturated heterocycles. The Bertz CT molecular complexity index is 403. The summed E-state index contributed by atoms with van der Waals surface area (Å²) in [5, 5.41) is 1.20. The van der Waals surface area contributed by atoms with Crippen LogP contribution in [0.1, 0.15) is 31.9 Å². The van der Waals surface area contributed by atoms with Gasteiger partial charge in [-0.2, -0.15) is 0 Å². The van der Waals surface area contributed by atoms with Crippen molar-refractivity contribution in [3.8, 4) is 0 Å². The Labute approximate surface area is 84.4 Å². The maximum Gasteiger partial charge on any atom is 0.137 e. The highest BCUT2D eigenvalue weighted by Crippen LogP contribution is 2.11. The molecule has 0 saturated carbocycles. The molecule has 14 heavy (non-hydrogen) atoms. The van der Waals surface area contributed by atoms with Crippen molar-refractivity contribution in [1.82, 2.24) is 9.97 Å². The number of hydrogen-bond acceptors (Lipinski definition) is 1. The molecule has 1 N–H and O–H groups in total. The van der Waals surface area contributed by atoms with Gasteiger partial charge in [-0.15, -0.1) is 0 Å². The number of pyridine rings is 1. The van der Waals surface area contributed by atoms with E-state index >= 15 is 0 Å². The van der Waals surface area contributed by atoms with Gasteiger partial charge in [-0.05, 0) is 31.0 Å². The first-order valence-corrected chi connectivity index (χ1v) is 5.33. The number of aromatic nitrogens is 2. The summed E-state index contributed by atoms with van der Waals surface area (Å²) in [7, 11) is 0. The van der Waals surface area contributed by atoms with Gasteiger partial charge in [0.25, 0.3) is 0 Å². The number of nitrogens with one attached hydrogen (secondary N) is 1. The molecule has 0 spiro atoms. The Morgan fingerprint density at radius 3 is 3.00 bits per heavy atom. The first-order valence-electron chi connectivity index (χ1n) is 5.33. The van der Waals surface area contributed by atoms with E-state index in [-0.39, 0.29) is 0 Å². The number of aryl methyl sites for hydroxylation is 1. The van der Waals surface area contributed by atoms with Crippen molar-refractivity contribution < 1.29 is 0 Å². The van der Waals surface area contributed by atoms with Crippen LogP contribution in [0.5, 0.6) is 0 Å². The smallest absolute Gasteiger partial charge is 0.137 e. The van der Waals surface area contributed by atoms with Crippen molar-refractivity contribution >= 4 is 11.0 Å². The van der Waals surface area contributed by atoms with Crippen LogP contribution in [0.3, 0.4) is 0 Å². The minimum absolute atomic E-state index is 1.01. The molecule has 2 aromatic heterocycles. The monoisotopic (exact) mass is 188 g/mol. The van der Waals surface area contributed by atoms with Crippen molar-refractivity contribution in [2.45, 2.75) is 32.6 Å². The zero-order valence-corrected chi connectivity index (χ0v) is 8.59. The Morgan fingerprint density at radius 2 is 2.14 bits per heavy atom. The molecular formula is C12H16N2. The average Bonchev–Trinajstić information content (AvgIpc) is 2.65.